The SMILES string of the molecule is CCCN1C(N)=NCC1c1cc(OC)cc(OC)c1. The second kappa shape index (κ2) is 5.82. The molecule has 1 aliphatic rings. The summed E-state index contributed by atoms with van der Waals surface area (Å²) in [4.78, 5) is 6.48. The lowest BCUT2D eigenvalue weighted by Gasteiger charge is -2.26. The Morgan fingerprint density at radius 2 is 1.89 bits per heavy atom. The highest BCUT2D eigenvalue weighted by molar-refractivity contribution is 5.80. The van der Waals surface area contributed by atoms with Crippen LogP contribution in [0.4, 0.5) is 0 Å². The monoisotopic (exact) mass is 263 g/mol. The first-order chi connectivity index (χ1) is 9.19. The number of hydrogen-bond donors (Lipinski definition) is 1. The molecule has 0 spiro atoms. The number of guanidine groups is 1. The number of benzene rings is 1. The van der Waals surface area contributed by atoms with Crippen LogP contribution in [0.25, 0.3) is 0 Å². The first-order valence-corrected chi connectivity index (χ1v) is 6.49. The van der Waals surface area contributed by atoms with Gasteiger partial charge in [0.2, 0.25) is 0 Å². The molecule has 1 aromatic rings. The minimum Gasteiger partial charge on any atom is -0.497 e. The molecule has 0 aromatic heterocycles. The van der Waals surface area contributed by atoms with E-state index in [1.807, 2.05) is 18.2 Å². The summed E-state index contributed by atoms with van der Waals surface area (Å²) in [5.41, 5.74) is 7.07. The molecule has 1 aliphatic heterocycles. The normalized spacial score (nSPS) is 18.4. The first-order valence-electron chi connectivity index (χ1n) is 6.49. The molecule has 104 valence electrons. The van der Waals surface area contributed by atoms with Crippen LogP contribution in [0.3, 0.4) is 0 Å². The molecule has 0 bridgehead atoms. The van der Waals surface area contributed by atoms with Crippen LogP contribution in [0, 0.1) is 0 Å². The number of hydrogen-bond acceptors (Lipinski definition) is 5. The number of ether oxygens (including phenoxy) is 2. The highest BCUT2D eigenvalue weighted by Gasteiger charge is 2.27. The van der Waals surface area contributed by atoms with E-state index in [-0.39, 0.29) is 6.04 Å². The Kier molecular flexibility index (Phi) is 4.14. The summed E-state index contributed by atoms with van der Waals surface area (Å²) in [6.07, 6.45) is 1.04. The van der Waals surface area contributed by atoms with E-state index in [1.54, 1.807) is 14.2 Å². The minimum absolute atomic E-state index is 0.170. The van der Waals surface area contributed by atoms with Crippen LogP contribution < -0.4 is 15.2 Å². The van der Waals surface area contributed by atoms with E-state index >= 15 is 0 Å². The number of nitrogens with two attached hydrogens (primary N) is 1. The number of rotatable bonds is 5. The molecule has 2 rings (SSSR count). The lowest BCUT2D eigenvalue weighted by molar-refractivity contribution is 0.342. The van der Waals surface area contributed by atoms with Crippen molar-refractivity contribution < 1.29 is 9.47 Å². The van der Waals surface area contributed by atoms with Gasteiger partial charge in [0, 0.05) is 12.6 Å². The van der Waals surface area contributed by atoms with E-state index in [1.165, 1.54) is 0 Å². The fourth-order valence-corrected chi connectivity index (χ4v) is 2.35. The molecule has 1 atom stereocenters. The summed E-state index contributed by atoms with van der Waals surface area (Å²) >= 11 is 0. The second-order valence-electron chi connectivity index (χ2n) is 4.55. The van der Waals surface area contributed by atoms with Gasteiger partial charge in [0.25, 0.3) is 0 Å². The van der Waals surface area contributed by atoms with Gasteiger partial charge in [-0.25, -0.2) is 0 Å². The molecule has 2 N–H and O–H groups in total. The molecule has 0 saturated heterocycles. The van der Waals surface area contributed by atoms with Crippen molar-refractivity contribution in [3.05, 3.63) is 23.8 Å². The van der Waals surface area contributed by atoms with Crippen molar-refractivity contribution in [3.63, 3.8) is 0 Å². The topological polar surface area (TPSA) is 60.1 Å². The largest absolute Gasteiger partial charge is 0.497 e. The lowest BCUT2D eigenvalue weighted by atomic mass is 10.1. The minimum atomic E-state index is 0.170. The fraction of sp³-hybridized carbons (Fsp3) is 0.500. The van der Waals surface area contributed by atoms with Crippen molar-refractivity contribution in [2.45, 2.75) is 19.4 Å². The van der Waals surface area contributed by atoms with Gasteiger partial charge in [-0.3, -0.25) is 4.99 Å². The quantitative estimate of drug-likeness (QED) is 0.879. The van der Waals surface area contributed by atoms with Gasteiger partial charge in [-0.15, -0.1) is 0 Å². The first kappa shape index (κ1) is 13.5. The second-order valence-corrected chi connectivity index (χ2v) is 4.55. The Morgan fingerprint density at radius 3 is 2.42 bits per heavy atom. The van der Waals surface area contributed by atoms with E-state index in [4.69, 9.17) is 15.2 Å². The van der Waals surface area contributed by atoms with Gasteiger partial charge < -0.3 is 20.1 Å². The van der Waals surface area contributed by atoms with Gasteiger partial charge >= 0.3 is 0 Å². The maximum Gasteiger partial charge on any atom is 0.191 e. The molecule has 1 unspecified atom stereocenters. The Morgan fingerprint density at radius 1 is 1.26 bits per heavy atom. The molecular weight excluding hydrogens is 242 g/mol. The van der Waals surface area contributed by atoms with E-state index in [2.05, 4.69) is 16.8 Å². The summed E-state index contributed by atoms with van der Waals surface area (Å²) in [5, 5.41) is 0. The highest BCUT2D eigenvalue weighted by Crippen LogP contribution is 2.31. The van der Waals surface area contributed by atoms with Crippen molar-refractivity contribution in [2.75, 3.05) is 27.3 Å². The fourth-order valence-electron chi connectivity index (χ4n) is 2.35. The summed E-state index contributed by atoms with van der Waals surface area (Å²) in [6, 6.07) is 6.07. The number of methoxy groups -OCH3 is 2. The maximum atomic E-state index is 5.95. The van der Waals surface area contributed by atoms with Crippen LogP contribution in [-0.2, 0) is 0 Å². The predicted octanol–water partition coefficient (Wildman–Crippen LogP) is 1.79. The van der Waals surface area contributed by atoms with E-state index in [0.717, 1.165) is 30.0 Å². The van der Waals surface area contributed by atoms with Gasteiger partial charge in [0.05, 0.1) is 26.8 Å². The van der Waals surface area contributed by atoms with E-state index in [0.29, 0.717) is 12.5 Å². The van der Waals surface area contributed by atoms with Crippen LogP contribution >= 0.6 is 0 Å². The van der Waals surface area contributed by atoms with Crippen molar-refractivity contribution in [1.29, 1.82) is 0 Å². The maximum absolute atomic E-state index is 5.95. The molecule has 0 saturated carbocycles. The molecule has 0 aliphatic carbocycles. The Bertz CT molecular complexity index is 452. The highest BCUT2D eigenvalue weighted by atomic mass is 16.5. The zero-order valence-corrected chi connectivity index (χ0v) is 11.7. The number of nitrogens with zero attached hydrogens (tertiary/aromatic N) is 2. The molecular formula is C14H21N3O2. The van der Waals surface area contributed by atoms with Crippen LogP contribution in [0.2, 0.25) is 0 Å². The van der Waals surface area contributed by atoms with Crippen LogP contribution in [-0.4, -0.2) is 38.2 Å². The Balaban J connectivity index is 2.30. The average molecular weight is 263 g/mol. The van der Waals surface area contributed by atoms with Crippen LogP contribution in [0.1, 0.15) is 24.9 Å². The number of aliphatic imine (C=N–C) groups is 1. The average Bonchev–Trinajstić information content (AvgIpc) is 2.80. The third-order valence-corrected chi connectivity index (χ3v) is 3.32. The molecule has 5 nitrogen and oxygen atoms in total. The third-order valence-electron chi connectivity index (χ3n) is 3.32. The zero-order valence-electron chi connectivity index (χ0n) is 11.7. The summed E-state index contributed by atoms with van der Waals surface area (Å²) < 4.78 is 10.6. The van der Waals surface area contributed by atoms with Crippen LogP contribution in [0.5, 0.6) is 11.5 Å². The molecule has 0 radical (unpaired) electrons. The van der Waals surface area contributed by atoms with Gasteiger partial charge in [-0.05, 0) is 24.1 Å². The molecule has 5 heteroatoms. The van der Waals surface area contributed by atoms with Gasteiger partial charge in [0.1, 0.15) is 11.5 Å². The molecule has 1 aromatic carbocycles. The van der Waals surface area contributed by atoms with Crippen molar-refractivity contribution in [3.8, 4) is 11.5 Å². The van der Waals surface area contributed by atoms with Crippen LogP contribution in [0.15, 0.2) is 23.2 Å². The molecule has 1 heterocycles. The molecule has 0 amide bonds. The van der Waals surface area contributed by atoms with Gasteiger partial charge in [0.15, 0.2) is 5.96 Å². The van der Waals surface area contributed by atoms with E-state index < -0.39 is 0 Å². The van der Waals surface area contributed by atoms with E-state index in [9.17, 15) is 0 Å². The van der Waals surface area contributed by atoms with Gasteiger partial charge in [-0.1, -0.05) is 6.92 Å². The van der Waals surface area contributed by atoms with Gasteiger partial charge in [-0.2, -0.15) is 0 Å². The zero-order chi connectivity index (χ0) is 13.8. The summed E-state index contributed by atoms with van der Waals surface area (Å²) in [5.74, 6) is 2.20. The standard InChI is InChI=1S/C14H21N3O2/c1-4-5-17-13(9-16-14(17)15)10-6-11(18-2)8-12(7-10)19-3/h6-8,13H,4-5,9H2,1-3H3,(H2,15,16). The predicted molar refractivity (Wildman–Crippen MR) is 75.8 cm³/mol. The third kappa shape index (κ3) is 2.75. The van der Waals surface area contributed by atoms with Crippen molar-refractivity contribution in [2.24, 2.45) is 10.7 Å². The summed E-state index contributed by atoms with van der Waals surface area (Å²) in [7, 11) is 3.31. The lowest BCUT2D eigenvalue weighted by Crippen LogP contribution is -2.36. The molecule has 0 fully saturated rings. The Labute approximate surface area is 114 Å². The van der Waals surface area contributed by atoms with Crippen molar-refractivity contribution in [1.82, 2.24) is 4.90 Å². The smallest absolute Gasteiger partial charge is 0.191 e. The Hall–Kier alpha value is -1.91. The molecule has 19 heavy (non-hydrogen) atoms. The van der Waals surface area contributed by atoms with Crippen molar-refractivity contribution >= 4 is 5.96 Å². The summed E-state index contributed by atoms with van der Waals surface area (Å²) in [6.45, 7) is 3.72.